The van der Waals surface area contributed by atoms with Crippen LogP contribution in [-0.4, -0.2) is 24.1 Å². The van der Waals surface area contributed by atoms with E-state index in [1.807, 2.05) is 13.0 Å². The van der Waals surface area contributed by atoms with Gasteiger partial charge in [-0.1, -0.05) is 6.42 Å². The van der Waals surface area contributed by atoms with Gasteiger partial charge in [-0.2, -0.15) is 0 Å². The first-order valence-corrected chi connectivity index (χ1v) is 6.71. The quantitative estimate of drug-likeness (QED) is 0.886. The molecular formula is C15H19NO4. The van der Waals surface area contributed by atoms with Gasteiger partial charge in [-0.05, 0) is 43.5 Å². The van der Waals surface area contributed by atoms with E-state index in [0.717, 1.165) is 17.7 Å². The fourth-order valence-corrected chi connectivity index (χ4v) is 2.76. The van der Waals surface area contributed by atoms with E-state index in [2.05, 4.69) is 5.32 Å². The van der Waals surface area contributed by atoms with Crippen LogP contribution in [0, 0.1) is 18.8 Å². The van der Waals surface area contributed by atoms with E-state index in [-0.39, 0.29) is 5.91 Å². The van der Waals surface area contributed by atoms with Crippen molar-refractivity contribution in [1.29, 1.82) is 0 Å². The van der Waals surface area contributed by atoms with Gasteiger partial charge >= 0.3 is 5.97 Å². The third-order valence-corrected chi connectivity index (χ3v) is 3.83. The zero-order valence-corrected chi connectivity index (χ0v) is 11.7. The minimum absolute atomic E-state index is 0.209. The van der Waals surface area contributed by atoms with Crippen molar-refractivity contribution in [3.63, 3.8) is 0 Å². The molecule has 1 aromatic carbocycles. The molecule has 5 nitrogen and oxygen atoms in total. The predicted octanol–water partition coefficient (Wildman–Crippen LogP) is 2.44. The third kappa shape index (κ3) is 2.92. The van der Waals surface area contributed by atoms with Gasteiger partial charge in [0.1, 0.15) is 5.75 Å². The zero-order chi connectivity index (χ0) is 14.7. The average molecular weight is 277 g/mol. The first kappa shape index (κ1) is 14.4. The summed E-state index contributed by atoms with van der Waals surface area (Å²) in [7, 11) is 1.59. The van der Waals surface area contributed by atoms with Gasteiger partial charge in [0.05, 0.1) is 18.9 Å². The Kier molecular flexibility index (Phi) is 4.27. The number of nitrogens with one attached hydrogen (secondary N) is 1. The number of hydrogen-bond acceptors (Lipinski definition) is 3. The van der Waals surface area contributed by atoms with Crippen LogP contribution in [0.5, 0.6) is 5.75 Å². The van der Waals surface area contributed by atoms with Gasteiger partial charge in [0.25, 0.3) is 0 Å². The summed E-state index contributed by atoms with van der Waals surface area (Å²) in [6, 6.07) is 5.37. The molecule has 0 saturated heterocycles. The van der Waals surface area contributed by atoms with E-state index in [1.54, 1.807) is 19.2 Å². The molecule has 0 aliphatic heterocycles. The molecule has 1 aliphatic carbocycles. The van der Waals surface area contributed by atoms with Crippen molar-refractivity contribution in [1.82, 2.24) is 0 Å². The normalized spacial score (nSPS) is 21.5. The Morgan fingerprint density at radius 3 is 2.60 bits per heavy atom. The number of carbonyl (C=O) groups is 2. The van der Waals surface area contributed by atoms with Crippen molar-refractivity contribution in [2.24, 2.45) is 11.8 Å². The summed E-state index contributed by atoms with van der Waals surface area (Å²) in [6.07, 6.45) is 2.00. The lowest BCUT2D eigenvalue weighted by Gasteiger charge is -2.16. The van der Waals surface area contributed by atoms with E-state index in [0.29, 0.717) is 18.5 Å². The first-order chi connectivity index (χ1) is 9.52. The van der Waals surface area contributed by atoms with E-state index in [9.17, 15) is 9.59 Å². The Bertz CT molecular complexity index is 527. The maximum atomic E-state index is 12.2. The van der Waals surface area contributed by atoms with Crippen LogP contribution >= 0.6 is 0 Å². The molecule has 20 heavy (non-hydrogen) atoms. The summed E-state index contributed by atoms with van der Waals surface area (Å²) in [5.41, 5.74) is 1.59. The molecule has 0 bridgehead atoms. The van der Waals surface area contributed by atoms with Crippen molar-refractivity contribution in [2.75, 3.05) is 12.4 Å². The number of ether oxygens (including phenoxy) is 1. The Morgan fingerprint density at radius 2 is 2.00 bits per heavy atom. The van der Waals surface area contributed by atoms with Gasteiger partial charge in [-0.3, -0.25) is 9.59 Å². The molecular weight excluding hydrogens is 258 g/mol. The molecule has 108 valence electrons. The van der Waals surface area contributed by atoms with Crippen molar-refractivity contribution in [3.8, 4) is 5.75 Å². The number of carboxylic acids is 1. The molecule has 0 aromatic heterocycles. The number of benzene rings is 1. The highest BCUT2D eigenvalue weighted by molar-refractivity contribution is 5.95. The smallest absolute Gasteiger partial charge is 0.307 e. The van der Waals surface area contributed by atoms with Crippen LogP contribution in [0.2, 0.25) is 0 Å². The minimum Gasteiger partial charge on any atom is -0.496 e. The molecule has 0 heterocycles. The highest BCUT2D eigenvalue weighted by Gasteiger charge is 2.37. The lowest BCUT2D eigenvalue weighted by Crippen LogP contribution is -2.30. The van der Waals surface area contributed by atoms with Crippen LogP contribution < -0.4 is 10.1 Å². The number of carbonyl (C=O) groups excluding carboxylic acids is 1. The summed E-state index contributed by atoms with van der Waals surface area (Å²) < 4.78 is 5.16. The summed E-state index contributed by atoms with van der Waals surface area (Å²) >= 11 is 0. The monoisotopic (exact) mass is 277 g/mol. The zero-order valence-electron chi connectivity index (χ0n) is 11.7. The summed E-state index contributed by atoms with van der Waals surface area (Å²) in [4.78, 5) is 23.3. The van der Waals surface area contributed by atoms with Gasteiger partial charge < -0.3 is 15.2 Å². The van der Waals surface area contributed by atoms with Crippen molar-refractivity contribution < 1.29 is 19.4 Å². The highest BCUT2D eigenvalue weighted by Crippen LogP contribution is 2.33. The van der Waals surface area contributed by atoms with Crippen LogP contribution in [0.1, 0.15) is 24.8 Å². The van der Waals surface area contributed by atoms with Crippen LogP contribution in [0.4, 0.5) is 5.69 Å². The lowest BCUT2D eigenvalue weighted by molar-refractivity contribution is -0.145. The highest BCUT2D eigenvalue weighted by atomic mass is 16.5. The molecule has 1 saturated carbocycles. The number of rotatable bonds is 4. The SMILES string of the molecule is COc1ccc(NC(=O)C2CCCC2C(=O)O)cc1C. The number of amides is 1. The molecule has 1 amide bonds. The maximum Gasteiger partial charge on any atom is 0.307 e. The van der Waals surface area contributed by atoms with Gasteiger partial charge in [0, 0.05) is 5.69 Å². The molecule has 1 aromatic rings. The Hall–Kier alpha value is -2.04. The van der Waals surface area contributed by atoms with E-state index in [4.69, 9.17) is 9.84 Å². The van der Waals surface area contributed by atoms with Crippen molar-refractivity contribution in [3.05, 3.63) is 23.8 Å². The largest absolute Gasteiger partial charge is 0.496 e. The topological polar surface area (TPSA) is 75.6 Å². The number of aryl methyl sites for hydroxylation is 1. The number of carboxylic acid groups (broad SMARTS) is 1. The molecule has 2 rings (SSSR count). The van der Waals surface area contributed by atoms with Crippen LogP contribution in [-0.2, 0) is 9.59 Å². The summed E-state index contributed by atoms with van der Waals surface area (Å²) in [5, 5.41) is 11.9. The van der Waals surface area contributed by atoms with Gasteiger partial charge in [0.2, 0.25) is 5.91 Å². The molecule has 2 N–H and O–H groups in total. The van der Waals surface area contributed by atoms with E-state index in [1.165, 1.54) is 0 Å². The van der Waals surface area contributed by atoms with Crippen LogP contribution in [0.3, 0.4) is 0 Å². The Labute approximate surface area is 117 Å². The standard InChI is InChI=1S/C15H19NO4/c1-9-8-10(6-7-13(9)20-2)16-14(17)11-4-3-5-12(11)15(18)19/h6-8,11-12H,3-5H2,1-2H3,(H,16,17)(H,18,19). The third-order valence-electron chi connectivity index (χ3n) is 3.83. The Morgan fingerprint density at radius 1 is 1.30 bits per heavy atom. The van der Waals surface area contributed by atoms with Crippen LogP contribution in [0.25, 0.3) is 0 Å². The lowest BCUT2D eigenvalue weighted by atomic mass is 9.95. The molecule has 0 spiro atoms. The average Bonchev–Trinajstić information content (AvgIpc) is 2.88. The van der Waals surface area contributed by atoms with Crippen molar-refractivity contribution in [2.45, 2.75) is 26.2 Å². The molecule has 0 radical (unpaired) electrons. The first-order valence-electron chi connectivity index (χ1n) is 6.71. The molecule has 1 fully saturated rings. The van der Waals surface area contributed by atoms with Gasteiger partial charge in [-0.25, -0.2) is 0 Å². The number of hydrogen-bond donors (Lipinski definition) is 2. The summed E-state index contributed by atoms with van der Waals surface area (Å²) in [5.74, 6) is -1.33. The van der Waals surface area contributed by atoms with Crippen molar-refractivity contribution >= 4 is 17.6 Å². The molecule has 5 heteroatoms. The number of anilines is 1. The van der Waals surface area contributed by atoms with E-state index < -0.39 is 17.8 Å². The number of methoxy groups -OCH3 is 1. The van der Waals surface area contributed by atoms with Gasteiger partial charge in [0.15, 0.2) is 0 Å². The Balaban J connectivity index is 2.08. The van der Waals surface area contributed by atoms with Gasteiger partial charge in [-0.15, -0.1) is 0 Å². The maximum absolute atomic E-state index is 12.2. The second kappa shape index (κ2) is 5.94. The fraction of sp³-hybridized carbons (Fsp3) is 0.467. The second-order valence-electron chi connectivity index (χ2n) is 5.16. The second-order valence-corrected chi connectivity index (χ2v) is 5.16. The fourth-order valence-electron chi connectivity index (χ4n) is 2.76. The molecule has 2 unspecified atom stereocenters. The minimum atomic E-state index is -0.881. The molecule has 1 aliphatic rings. The summed E-state index contributed by atoms with van der Waals surface area (Å²) in [6.45, 7) is 1.89. The predicted molar refractivity (Wildman–Crippen MR) is 74.8 cm³/mol. The number of aliphatic carboxylic acids is 1. The van der Waals surface area contributed by atoms with Crippen LogP contribution in [0.15, 0.2) is 18.2 Å². The van der Waals surface area contributed by atoms with E-state index >= 15 is 0 Å². The molecule has 2 atom stereocenters.